The molecule has 2 rings (SSSR count). The van der Waals surface area contributed by atoms with Crippen molar-refractivity contribution in [3.05, 3.63) is 29.8 Å². The maximum Gasteiger partial charge on any atom is 0.573 e. The van der Waals surface area contributed by atoms with E-state index in [4.69, 9.17) is 0 Å². The van der Waals surface area contributed by atoms with Crippen molar-refractivity contribution in [1.29, 1.82) is 0 Å². The number of halogens is 5. The summed E-state index contributed by atoms with van der Waals surface area (Å²) in [5.41, 5.74) is -0.596. The first-order chi connectivity index (χ1) is 11.1. The summed E-state index contributed by atoms with van der Waals surface area (Å²) in [6.45, 7) is 1.60. The second kappa shape index (κ2) is 6.94. The van der Waals surface area contributed by atoms with Crippen molar-refractivity contribution >= 4 is 5.91 Å². The fourth-order valence-electron chi connectivity index (χ4n) is 2.48. The monoisotopic (exact) mass is 351 g/mol. The largest absolute Gasteiger partial charge is 0.573 e. The Balaban J connectivity index is 1.88. The summed E-state index contributed by atoms with van der Waals surface area (Å²) in [5, 5.41) is 2.60. The summed E-state index contributed by atoms with van der Waals surface area (Å²) < 4.78 is 66.1. The second-order valence-corrected chi connectivity index (χ2v) is 6.07. The van der Waals surface area contributed by atoms with E-state index in [-0.39, 0.29) is 18.6 Å². The minimum atomic E-state index is -4.79. The van der Waals surface area contributed by atoms with Gasteiger partial charge in [-0.15, -0.1) is 13.2 Å². The SMILES string of the molecule is C[C@H](NC(=O)CCC1(C(F)F)CC1)c1cccc(OC(F)(F)F)c1. The van der Waals surface area contributed by atoms with E-state index in [9.17, 15) is 26.7 Å². The molecule has 3 nitrogen and oxygen atoms in total. The molecule has 0 saturated heterocycles. The molecule has 0 aromatic heterocycles. The number of amides is 1. The minimum absolute atomic E-state index is 0.0343. The third-order valence-electron chi connectivity index (χ3n) is 4.17. The molecule has 1 atom stereocenters. The molecule has 24 heavy (non-hydrogen) atoms. The predicted molar refractivity (Wildman–Crippen MR) is 76.6 cm³/mol. The van der Waals surface area contributed by atoms with Crippen molar-refractivity contribution in [1.82, 2.24) is 5.32 Å². The lowest BCUT2D eigenvalue weighted by atomic mass is 10.0. The average Bonchev–Trinajstić information content (AvgIpc) is 3.25. The van der Waals surface area contributed by atoms with Crippen molar-refractivity contribution in [3.63, 3.8) is 0 Å². The fraction of sp³-hybridized carbons (Fsp3) is 0.562. The molecule has 0 radical (unpaired) electrons. The number of hydrogen-bond acceptors (Lipinski definition) is 2. The van der Waals surface area contributed by atoms with Gasteiger partial charge in [-0.25, -0.2) is 8.78 Å². The van der Waals surface area contributed by atoms with Gasteiger partial charge in [0.2, 0.25) is 12.3 Å². The Hall–Kier alpha value is -1.86. The van der Waals surface area contributed by atoms with Crippen LogP contribution in [-0.4, -0.2) is 18.7 Å². The quantitative estimate of drug-likeness (QED) is 0.730. The van der Waals surface area contributed by atoms with Crippen molar-refractivity contribution in [2.45, 2.75) is 51.4 Å². The Morgan fingerprint density at radius 2 is 2.00 bits per heavy atom. The van der Waals surface area contributed by atoms with Gasteiger partial charge in [0.15, 0.2) is 0 Å². The van der Waals surface area contributed by atoms with E-state index in [1.165, 1.54) is 12.1 Å². The van der Waals surface area contributed by atoms with Crippen LogP contribution in [0.3, 0.4) is 0 Å². The van der Waals surface area contributed by atoms with Crippen LogP contribution in [0.25, 0.3) is 0 Å². The van der Waals surface area contributed by atoms with Crippen molar-refractivity contribution in [3.8, 4) is 5.75 Å². The summed E-state index contributed by atoms with van der Waals surface area (Å²) in [4.78, 5) is 11.9. The van der Waals surface area contributed by atoms with E-state index in [2.05, 4.69) is 10.1 Å². The van der Waals surface area contributed by atoms with E-state index in [0.29, 0.717) is 18.4 Å². The molecule has 0 aliphatic heterocycles. The lowest BCUT2D eigenvalue weighted by Gasteiger charge is -2.18. The zero-order valence-corrected chi connectivity index (χ0v) is 13.0. The molecule has 1 aromatic carbocycles. The van der Waals surface area contributed by atoms with E-state index >= 15 is 0 Å². The van der Waals surface area contributed by atoms with Crippen molar-refractivity contribution < 1.29 is 31.5 Å². The second-order valence-electron chi connectivity index (χ2n) is 6.07. The third kappa shape index (κ3) is 5.07. The molecule has 1 aliphatic carbocycles. The van der Waals surface area contributed by atoms with Gasteiger partial charge in [0.25, 0.3) is 0 Å². The van der Waals surface area contributed by atoms with Gasteiger partial charge in [-0.05, 0) is 43.9 Å². The highest BCUT2D eigenvalue weighted by atomic mass is 19.4. The van der Waals surface area contributed by atoms with E-state index in [0.717, 1.165) is 6.07 Å². The van der Waals surface area contributed by atoms with Gasteiger partial charge in [-0.2, -0.15) is 0 Å². The van der Waals surface area contributed by atoms with Crippen molar-refractivity contribution in [2.75, 3.05) is 0 Å². The molecule has 0 bridgehead atoms. The highest BCUT2D eigenvalue weighted by molar-refractivity contribution is 5.76. The number of nitrogens with one attached hydrogen (secondary N) is 1. The number of alkyl halides is 5. The van der Waals surface area contributed by atoms with Crippen LogP contribution in [-0.2, 0) is 4.79 Å². The molecule has 134 valence electrons. The van der Waals surface area contributed by atoms with E-state index in [1.807, 2.05) is 0 Å². The highest BCUT2D eigenvalue weighted by Crippen LogP contribution is 2.54. The molecular weight excluding hydrogens is 333 g/mol. The Morgan fingerprint density at radius 1 is 1.33 bits per heavy atom. The van der Waals surface area contributed by atoms with Crippen LogP contribution in [0.5, 0.6) is 5.75 Å². The Morgan fingerprint density at radius 3 is 2.54 bits per heavy atom. The molecule has 1 fully saturated rings. The average molecular weight is 351 g/mol. The molecule has 0 spiro atoms. The summed E-state index contributed by atoms with van der Waals surface area (Å²) in [6.07, 6.45) is -6.31. The third-order valence-corrected chi connectivity index (χ3v) is 4.17. The topological polar surface area (TPSA) is 38.3 Å². The summed E-state index contributed by atoms with van der Waals surface area (Å²) in [6, 6.07) is 4.71. The maximum atomic E-state index is 12.8. The molecule has 0 unspecified atom stereocenters. The Kier molecular flexibility index (Phi) is 5.35. The van der Waals surface area contributed by atoms with Gasteiger partial charge in [0.1, 0.15) is 5.75 Å². The van der Waals surface area contributed by atoms with Crippen molar-refractivity contribution in [2.24, 2.45) is 5.41 Å². The van der Waals surface area contributed by atoms with E-state index in [1.54, 1.807) is 13.0 Å². The van der Waals surface area contributed by atoms with Crippen LogP contribution in [0.2, 0.25) is 0 Å². The number of benzene rings is 1. The predicted octanol–water partition coefficient (Wildman–Crippen LogP) is 4.59. The molecule has 1 aromatic rings. The number of carbonyl (C=O) groups excluding carboxylic acids is 1. The summed E-state index contributed by atoms with van der Waals surface area (Å²) >= 11 is 0. The molecule has 1 amide bonds. The first kappa shape index (κ1) is 18.5. The number of ether oxygens (including phenoxy) is 1. The number of hydrogen-bond donors (Lipinski definition) is 1. The van der Waals surface area contributed by atoms with Crippen LogP contribution >= 0.6 is 0 Å². The molecule has 0 heterocycles. The van der Waals surface area contributed by atoms with Gasteiger partial charge in [-0.3, -0.25) is 4.79 Å². The standard InChI is InChI=1S/C16H18F5NO2/c1-10(11-3-2-4-12(9-11)24-16(19,20)21)22-13(23)5-6-15(7-8-15)14(17)18/h2-4,9-10,14H,5-8H2,1H3,(H,22,23)/t10-/m0/s1. The van der Waals surface area contributed by atoms with Crippen LogP contribution in [0.4, 0.5) is 22.0 Å². The van der Waals surface area contributed by atoms with E-state index < -0.39 is 30.2 Å². The summed E-state index contributed by atoms with van der Waals surface area (Å²) in [7, 11) is 0. The smallest absolute Gasteiger partial charge is 0.406 e. The minimum Gasteiger partial charge on any atom is -0.406 e. The zero-order valence-electron chi connectivity index (χ0n) is 13.0. The van der Waals surface area contributed by atoms with Gasteiger partial charge in [0.05, 0.1) is 6.04 Å². The van der Waals surface area contributed by atoms with Gasteiger partial charge < -0.3 is 10.1 Å². The Bertz CT molecular complexity index is 584. The fourth-order valence-corrected chi connectivity index (χ4v) is 2.48. The molecule has 8 heteroatoms. The van der Waals surface area contributed by atoms with Gasteiger partial charge in [0, 0.05) is 11.8 Å². The molecule has 1 saturated carbocycles. The van der Waals surface area contributed by atoms with Gasteiger partial charge >= 0.3 is 6.36 Å². The summed E-state index contributed by atoms with van der Waals surface area (Å²) in [5.74, 6) is -0.785. The lowest BCUT2D eigenvalue weighted by molar-refractivity contribution is -0.274. The molecular formula is C16H18F5NO2. The maximum absolute atomic E-state index is 12.8. The van der Waals surface area contributed by atoms with Crippen LogP contribution < -0.4 is 10.1 Å². The van der Waals surface area contributed by atoms with Gasteiger partial charge in [-0.1, -0.05) is 12.1 Å². The van der Waals surface area contributed by atoms with Crippen LogP contribution in [0.15, 0.2) is 24.3 Å². The number of carbonyl (C=O) groups is 1. The zero-order chi connectivity index (χ0) is 18.0. The van der Waals surface area contributed by atoms with Crippen LogP contribution in [0.1, 0.15) is 44.2 Å². The first-order valence-corrected chi connectivity index (χ1v) is 7.54. The lowest BCUT2D eigenvalue weighted by Crippen LogP contribution is -2.28. The van der Waals surface area contributed by atoms with Crippen LogP contribution in [0, 0.1) is 5.41 Å². The number of rotatable bonds is 7. The highest BCUT2D eigenvalue weighted by Gasteiger charge is 2.50. The first-order valence-electron chi connectivity index (χ1n) is 7.54. The Labute approximate surface area is 136 Å². The molecule has 1 aliphatic rings. The molecule has 1 N–H and O–H groups in total. The normalized spacial score (nSPS) is 17.5.